The third kappa shape index (κ3) is 5.82. The second-order valence-electron chi connectivity index (χ2n) is 16.6. The number of nitrogens with zero attached hydrogens (tertiary/aromatic N) is 4. The summed E-state index contributed by atoms with van der Waals surface area (Å²) in [7, 11) is 0. The van der Waals surface area contributed by atoms with Crippen LogP contribution in [0.2, 0.25) is 0 Å². The Hall–Kier alpha value is -8.41. The molecule has 0 fully saturated rings. The molecule has 0 aliphatic heterocycles. The maximum absolute atomic E-state index is 6.49. The Labute approximate surface area is 368 Å². The zero-order valence-corrected chi connectivity index (χ0v) is 34.7. The zero-order valence-electron chi connectivity index (χ0n) is 34.7. The maximum Gasteiger partial charge on any atom is 0.164 e. The van der Waals surface area contributed by atoms with Crippen molar-refractivity contribution < 1.29 is 4.42 Å². The minimum Gasteiger partial charge on any atom is -0.456 e. The van der Waals surface area contributed by atoms with Gasteiger partial charge in [0.1, 0.15) is 11.2 Å². The molecule has 0 spiro atoms. The lowest BCUT2D eigenvalue weighted by Crippen LogP contribution is -2.00. The van der Waals surface area contributed by atoms with E-state index in [0.29, 0.717) is 17.5 Å². The van der Waals surface area contributed by atoms with Gasteiger partial charge in [0.05, 0.1) is 16.7 Å². The van der Waals surface area contributed by atoms with Crippen molar-refractivity contribution in [2.75, 3.05) is 0 Å². The first-order chi connectivity index (χ1) is 31.7. The fraction of sp³-hybridized carbons (Fsp3) is 0.0339. The largest absolute Gasteiger partial charge is 0.456 e. The Balaban J connectivity index is 0.895. The van der Waals surface area contributed by atoms with Crippen molar-refractivity contribution in [2.24, 2.45) is 0 Å². The molecular weight excluding hydrogens is 781 g/mol. The molecule has 64 heavy (non-hydrogen) atoms. The van der Waals surface area contributed by atoms with Crippen LogP contribution in [-0.4, -0.2) is 19.5 Å². The molecule has 300 valence electrons. The highest BCUT2D eigenvalue weighted by Crippen LogP contribution is 2.42. The number of furan rings is 1. The Morgan fingerprint density at radius 1 is 0.344 bits per heavy atom. The predicted molar refractivity (Wildman–Crippen MR) is 264 cm³/mol. The van der Waals surface area contributed by atoms with Crippen LogP contribution in [0.15, 0.2) is 211 Å². The van der Waals surface area contributed by atoms with E-state index in [-0.39, 0.29) is 0 Å². The van der Waals surface area contributed by atoms with E-state index in [1.807, 2.05) is 72.8 Å². The number of hydrogen-bond donors (Lipinski definition) is 0. The van der Waals surface area contributed by atoms with E-state index in [2.05, 4.69) is 138 Å². The van der Waals surface area contributed by atoms with E-state index in [0.717, 1.165) is 51.5 Å². The average Bonchev–Trinajstić information content (AvgIpc) is 3.91. The van der Waals surface area contributed by atoms with Crippen LogP contribution >= 0.6 is 0 Å². The van der Waals surface area contributed by atoms with Gasteiger partial charge in [-0.25, -0.2) is 15.0 Å². The van der Waals surface area contributed by atoms with Crippen molar-refractivity contribution in [3.63, 3.8) is 0 Å². The van der Waals surface area contributed by atoms with Crippen molar-refractivity contribution >= 4 is 76.1 Å². The summed E-state index contributed by atoms with van der Waals surface area (Å²) in [5.41, 5.74) is 10.6. The van der Waals surface area contributed by atoms with E-state index in [9.17, 15) is 0 Å². The third-order valence-electron chi connectivity index (χ3n) is 12.9. The van der Waals surface area contributed by atoms with Gasteiger partial charge in [0.15, 0.2) is 17.5 Å². The van der Waals surface area contributed by atoms with Crippen molar-refractivity contribution in [1.82, 2.24) is 19.5 Å². The molecule has 0 aliphatic carbocycles. The number of aromatic nitrogens is 4. The molecule has 0 amide bonds. The lowest BCUT2D eigenvalue weighted by molar-refractivity contribution is 0.669. The Bertz CT molecular complexity index is 3860. The van der Waals surface area contributed by atoms with Crippen LogP contribution in [0, 0.1) is 0 Å². The van der Waals surface area contributed by atoms with Crippen molar-refractivity contribution in [3.05, 3.63) is 217 Å². The van der Waals surface area contributed by atoms with Gasteiger partial charge in [-0.1, -0.05) is 164 Å². The first-order valence-electron chi connectivity index (χ1n) is 21.9. The van der Waals surface area contributed by atoms with Crippen LogP contribution in [0.3, 0.4) is 0 Å². The molecule has 5 heteroatoms. The highest BCUT2D eigenvalue weighted by Gasteiger charge is 2.20. The van der Waals surface area contributed by atoms with Crippen LogP contribution in [-0.2, 0) is 12.8 Å². The molecule has 0 aliphatic rings. The molecule has 3 aromatic heterocycles. The highest BCUT2D eigenvalue weighted by molar-refractivity contribution is 6.28. The summed E-state index contributed by atoms with van der Waals surface area (Å²) in [6.45, 7) is 0. The van der Waals surface area contributed by atoms with Crippen LogP contribution in [0.25, 0.3) is 116 Å². The summed E-state index contributed by atoms with van der Waals surface area (Å²) in [6.07, 6.45) is 1.77. The number of fused-ring (bicyclic) bond motifs is 12. The molecule has 0 saturated carbocycles. The Morgan fingerprint density at radius 2 is 0.859 bits per heavy atom. The molecule has 5 nitrogen and oxygen atoms in total. The van der Waals surface area contributed by atoms with E-state index >= 15 is 0 Å². The molecule has 13 aromatic rings. The molecule has 13 rings (SSSR count). The lowest BCUT2D eigenvalue weighted by Gasteiger charge is -2.16. The molecule has 0 N–H and O–H groups in total. The third-order valence-corrected chi connectivity index (χ3v) is 12.9. The molecule has 0 radical (unpaired) electrons. The van der Waals surface area contributed by atoms with Gasteiger partial charge in [-0.3, -0.25) is 0 Å². The summed E-state index contributed by atoms with van der Waals surface area (Å²) in [4.78, 5) is 15.1. The van der Waals surface area contributed by atoms with Gasteiger partial charge in [0, 0.05) is 43.6 Å². The Kier molecular flexibility index (Phi) is 8.28. The van der Waals surface area contributed by atoms with Crippen LogP contribution < -0.4 is 0 Å². The van der Waals surface area contributed by atoms with E-state index in [1.165, 1.54) is 70.9 Å². The quantitative estimate of drug-likeness (QED) is 0.150. The summed E-state index contributed by atoms with van der Waals surface area (Å²) >= 11 is 0. The van der Waals surface area contributed by atoms with Crippen LogP contribution in [0.1, 0.15) is 11.1 Å². The summed E-state index contributed by atoms with van der Waals surface area (Å²) in [6, 6.07) is 73.3. The molecule has 0 atom stereocenters. The van der Waals surface area contributed by atoms with Gasteiger partial charge >= 0.3 is 0 Å². The molecule has 3 heterocycles. The van der Waals surface area contributed by atoms with Crippen LogP contribution in [0.4, 0.5) is 0 Å². The van der Waals surface area contributed by atoms with Gasteiger partial charge in [0.2, 0.25) is 0 Å². The summed E-state index contributed by atoms with van der Waals surface area (Å²) in [5, 5.41) is 12.2. The van der Waals surface area contributed by atoms with Gasteiger partial charge in [-0.2, -0.15) is 0 Å². The second-order valence-corrected chi connectivity index (χ2v) is 16.6. The summed E-state index contributed by atoms with van der Waals surface area (Å²) < 4.78 is 8.97. The fourth-order valence-corrected chi connectivity index (χ4v) is 9.99. The Morgan fingerprint density at radius 3 is 1.55 bits per heavy atom. The molecule has 0 unspecified atom stereocenters. The van der Waals surface area contributed by atoms with E-state index in [4.69, 9.17) is 19.4 Å². The van der Waals surface area contributed by atoms with Gasteiger partial charge in [-0.05, 0) is 93.4 Å². The summed E-state index contributed by atoms with van der Waals surface area (Å²) in [5.74, 6) is 1.88. The van der Waals surface area contributed by atoms with Crippen LogP contribution in [0.5, 0.6) is 0 Å². The minimum atomic E-state index is 0.615. The smallest absolute Gasteiger partial charge is 0.164 e. The SMILES string of the molecule is c1ccc(-c2nc(-c3ccccc3)nc(-c3cccc4oc5ccc(CCc6ccc7c(c6)c6ccccc6n7-c6cccc7c8ccccc8c8ccccc8c67)cc5c34)n2)cc1. The second kappa shape index (κ2) is 14.6. The molecule has 10 aromatic carbocycles. The molecular formula is C59H38N4O. The van der Waals surface area contributed by atoms with E-state index in [1.54, 1.807) is 0 Å². The number of benzene rings is 10. The number of aryl methyl sites for hydroxylation is 2. The number of para-hydroxylation sites is 1. The standard InChI is InChI=1S/C59H38N4O/c1-3-15-39(16-4-1)57-60-58(40-17-5-2-6-18-40)62-59(61-57)47-25-14-28-54-56(47)49-36-38(32-34-53(49)64-54)30-29-37-31-33-51-48(35-37)44-22-11-12-26-50(44)63(51)52-27-13-24-46-43-20-8-7-19-41(43)42-21-9-10-23-45(42)55(46)52/h1-28,31-36H,29-30H2. The molecule has 0 saturated heterocycles. The normalized spacial score (nSPS) is 11.9. The van der Waals surface area contributed by atoms with E-state index < -0.39 is 0 Å². The van der Waals surface area contributed by atoms with Gasteiger partial charge < -0.3 is 8.98 Å². The van der Waals surface area contributed by atoms with Crippen molar-refractivity contribution in [3.8, 4) is 39.9 Å². The first-order valence-corrected chi connectivity index (χ1v) is 21.9. The maximum atomic E-state index is 6.49. The minimum absolute atomic E-state index is 0.615. The number of hydrogen-bond acceptors (Lipinski definition) is 4. The van der Waals surface area contributed by atoms with Gasteiger partial charge in [-0.15, -0.1) is 0 Å². The molecule has 0 bridgehead atoms. The first kappa shape index (κ1) is 36.3. The zero-order chi connectivity index (χ0) is 42.1. The average molecular weight is 819 g/mol. The van der Waals surface area contributed by atoms with Crippen molar-refractivity contribution in [1.29, 1.82) is 0 Å². The predicted octanol–water partition coefficient (Wildman–Crippen LogP) is 15.1. The monoisotopic (exact) mass is 818 g/mol. The lowest BCUT2D eigenvalue weighted by atomic mass is 9.93. The number of rotatable bonds is 7. The van der Waals surface area contributed by atoms with Crippen molar-refractivity contribution in [2.45, 2.75) is 12.8 Å². The van der Waals surface area contributed by atoms with Gasteiger partial charge in [0.25, 0.3) is 0 Å². The topological polar surface area (TPSA) is 56.7 Å². The fourth-order valence-electron chi connectivity index (χ4n) is 9.99. The highest BCUT2D eigenvalue weighted by atomic mass is 16.3.